The van der Waals surface area contributed by atoms with Crippen molar-refractivity contribution in [3.05, 3.63) is 243 Å². The molecule has 0 N–H and O–H groups in total. The highest BCUT2D eigenvalue weighted by molar-refractivity contribution is 5.49. The number of hydrogen-bond donors (Lipinski definition) is 0. The minimum absolute atomic E-state index is 0.976. The van der Waals surface area contributed by atoms with Crippen molar-refractivity contribution in [1.29, 1.82) is 0 Å². The zero-order valence-corrected chi connectivity index (χ0v) is 27.0. The van der Waals surface area contributed by atoms with E-state index in [0.29, 0.717) is 0 Å². The highest BCUT2D eigenvalue weighted by atomic mass is 14.0. The SMILES string of the molecule is CC#Cc1cc2c(C#Cc3ccc(C)cc3)cc1=c1ccc(cc1)=c1ccc(cc1)=c1ccc(cc1)=c1ccc(cc1)=c1ccc=2cc1. The van der Waals surface area contributed by atoms with Crippen LogP contribution in [0.15, 0.2) is 158 Å². The summed E-state index contributed by atoms with van der Waals surface area (Å²) >= 11 is 0. The second kappa shape index (κ2) is 12.5. The molecule has 0 unspecified atom stereocenters. The molecule has 16 aliphatic rings. The molecular weight excluding hydrogens is 577 g/mol. The molecule has 0 radical (unpaired) electrons. The number of aryl methyl sites for hydroxylation is 1. The van der Waals surface area contributed by atoms with Crippen LogP contribution in [0.1, 0.15) is 29.2 Å². The predicted octanol–water partition coefficient (Wildman–Crippen LogP) is 9.80. The van der Waals surface area contributed by atoms with E-state index in [0.717, 1.165) is 37.6 Å². The fourth-order valence-corrected chi connectivity index (χ4v) is 6.45. The Bertz CT molecular complexity index is 3020. The van der Waals surface area contributed by atoms with Gasteiger partial charge >= 0.3 is 0 Å². The van der Waals surface area contributed by atoms with Gasteiger partial charge in [0.1, 0.15) is 0 Å². The van der Waals surface area contributed by atoms with Gasteiger partial charge in [0.15, 0.2) is 0 Å². The highest BCUT2D eigenvalue weighted by Gasteiger charge is 2.02. The summed E-state index contributed by atoms with van der Waals surface area (Å²) in [5, 5.41) is 13.9. The third-order valence-corrected chi connectivity index (χ3v) is 9.19. The van der Waals surface area contributed by atoms with Gasteiger partial charge in [-0.1, -0.05) is 157 Å². The molecular formula is C48H32. The lowest BCUT2D eigenvalue weighted by molar-refractivity contribution is 1.36. The van der Waals surface area contributed by atoms with E-state index in [-0.39, 0.29) is 0 Å². The first-order valence-electron chi connectivity index (χ1n) is 16.3. The highest BCUT2D eigenvalue weighted by Crippen LogP contribution is 2.14. The van der Waals surface area contributed by atoms with E-state index in [1.165, 1.54) is 47.3 Å². The molecule has 224 valence electrons. The molecule has 16 aliphatic carbocycles. The molecule has 0 fully saturated rings. The topological polar surface area (TPSA) is 0 Å². The van der Waals surface area contributed by atoms with Crippen LogP contribution in [0.4, 0.5) is 0 Å². The van der Waals surface area contributed by atoms with Crippen LogP contribution in [0.3, 0.4) is 0 Å². The van der Waals surface area contributed by atoms with Crippen LogP contribution in [0, 0.1) is 93.2 Å². The summed E-state index contributed by atoms with van der Waals surface area (Å²) in [4.78, 5) is 0. The fourth-order valence-electron chi connectivity index (χ4n) is 6.45. The Morgan fingerprint density at radius 1 is 0.312 bits per heavy atom. The van der Waals surface area contributed by atoms with Crippen LogP contribution in [-0.4, -0.2) is 0 Å². The van der Waals surface area contributed by atoms with Crippen molar-refractivity contribution in [3.8, 4) is 23.7 Å². The van der Waals surface area contributed by atoms with Crippen molar-refractivity contribution >= 4 is 0 Å². The molecule has 0 amide bonds. The third kappa shape index (κ3) is 5.74. The Balaban J connectivity index is 1.52. The lowest BCUT2D eigenvalue weighted by atomic mass is 10.0. The summed E-state index contributed by atoms with van der Waals surface area (Å²) in [6, 6.07) is 57.0. The van der Waals surface area contributed by atoms with E-state index in [2.05, 4.69) is 188 Å². The minimum Gasteiger partial charge on any atom is -0.101 e. The molecule has 12 bridgehead atoms. The van der Waals surface area contributed by atoms with Crippen LogP contribution in [0.2, 0.25) is 0 Å². The summed E-state index contributed by atoms with van der Waals surface area (Å²) in [6.07, 6.45) is 0. The van der Waals surface area contributed by atoms with Crippen LogP contribution < -0.4 is 0 Å². The van der Waals surface area contributed by atoms with E-state index in [1.807, 2.05) is 6.92 Å². The standard InChI is InChI=1S/C48H32/c1-3-4-45-31-48-44-29-25-42(26-30-44)40-21-17-38(18-22-40)36-13-11-35(12-14-36)37-15-19-39(20-16-37)41-23-27-43(28-24-41)47(45)32-46(48)10-9-34-7-5-33(2)6-8-34/h5-8,11-32H,1-2H3. The molecule has 7 aromatic carbocycles. The third-order valence-electron chi connectivity index (χ3n) is 9.19. The molecule has 7 aromatic rings. The molecule has 0 nitrogen and oxygen atoms in total. The van der Waals surface area contributed by atoms with E-state index >= 15 is 0 Å². The largest absolute Gasteiger partial charge is 0.101 e. The summed E-state index contributed by atoms with van der Waals surface area (Å²) in [5.41, 5.74) is 4.19. The van der Waals surface area contributed by atoms with Crippen molar-refractivity contribution in [2.45, 2.75) is 13.8 Å². The smallest absolute Gasteiger partial charge is 0.0334 e. The van der Waals surface area contributed by atoms with Gasteiger partial charge in [-0.15, -0.1) is 5.92 Å². The van der Waals surface area contributed by atoms with Gasteiger partial charge in [-0.25, -0.2) is 0 Å². The van der Waals surface area contributed by atoms with Crippen molar-refractivity contribution in [2.75, 3.05) is 0 Å². The molecule has 0 heteroatoms. The monoisotopic (exact) mass is 608 g/mol. The zero-order chi connectivity index (χ0) is 32.5. The first-order valence-corrected chi connectivity index (χ1v) is 16.3. The maximum Gasteiger partial charge on any atom is 0.0334 e. The van der Waals surface area contributed by atoms with Gasteiger partial charge in [0.2, 0.25) is 0 Å². The first-order chi connectivity index (χ1) is 23.6. The molecule has 0 aliphatic heterocycles. The van der Waals surface area contributed by atoms with Gasteiger partial charge in [-0.2, -0.15) is 0 Å². The average molecular weight is 609 g/mol. The summed E-state index contributed by atoms with van der Waals surface area (Å²) in [5.74, 6) is 13.5. The Hall–Kier alpha value is -6.34. The summed E-state index contributed by atoms with van der Waals surface area (Å²) in [7, 11) is 0. The lowest BCUT2D eigenvalue weighted by Crippen LogP contribution is -1.90. The number of benzene rings is 7. The lowest BCUT2D eigenvalue weighted by Gasteiger charge is -2.02. The Kier molecular flexibility index (Phi) is 7.55. The van der Waals surface area contributed by atoms with Crippen molar-refractivity contribution in [2.24, 2.45) is 0 Å². The van der Waals surface area contributed by atoms with Crippen molar-refractivity contribution in [3.63, 3.8) is 0 Å². The second-order valence-electron chi connectivity index (χ2n) is 12.3. The Morgan fingerprint density at radius 3 is 0.917 bits per heavy atom. The summed E-state index contributed by atoms with van der Waals surface area (Å²) < 4.78 is 0. The van der Waals surface area contributed by atoms with Crippen LogP contribution in [0.25, 0.3) is 0 Å². The first kappa shape index (κ1) is 29.1. The van der Waals surface area contributed by atoms with Gasteiger partial charge in [0.25, 0.3) is 0 Å². The summed E-state index contributed by atoms with van der Waals surface area (Å²) in [6.45, 7) is 4.00. The van der Waals surface area contributed by atoms with Gasteiger partial charge < -0.3 is 0 Å². The Morgan fingerprint density at radius 2 is 0.604 bits per heavy atom. The van der Waals surface area contributed by atoms with E-state index in [4.69, 9.17) is 0 Å². The average Bonchev–Trinajstić information content (AvgIpc) is 3.15. The van der Waals surface area contributed by atoms with E-state index < -0.39 is 0 Å². The molecule has 23 rings (SSSR count). The van der Waals surface area contributed by atoms with Crippen LogP contribution in [0.5, 0.6) is 0 Å². The van der Waals surface area contributed by atoms with Gasteiger partial charge in [-0.3, -0.25) is 0 Å². The Labute approximate surface area is 279 Å². The normalized spacial score (nSPS) is 10.8. The van der Waals surface area contributed by atoms with E-state index in [9.17, 15) is 0 Å². The van der Waals surface area contributed by atoms with Gasteiger partial charge in [0, 0.05) is 16.7 Å². The maximum atomic E-state index is 3.54. The minimum atomic E-state index is 0.976. The zero-order valence-electron chi connectivity index (χ0n) is 27.0. The second-order valence-corrected chi connectivity index (χ2v) is 12.3. The predicted molar refractivity (Wildman–Crippen MR) is 194 cm³/mol. The molecule has 0 aromatic heterocycles. The molecule has 48 heavy (non-hydrogen) atoms. The quantitative estimate of drug-likeness (QED) is 0.150. The molecule has 0 saturated carbocycles. The molecule has 0 spiro atoms. The van der Waals surface area contributed by atoms with Crippen LogP contribution in [-0.2, 0) is 0 Å². The number of hydrogen-bond acceptors (Lipinski definition) is 0. The fraction of sp³-hybridized carbons (Fsp3) is 0.0417. The molecule has 0 saturated heterocycles. The van der Waals surface area contributed by atoms with Crippen LogP contribution >= 0.6 is 0 Å². The molecule has 0 heterocycles. The molecule has 0 atom stereocenters. The van der Waals surface area contributed by atoms with E-state index in [1.54, 1.807) is 0 Å². The van der Waals surface area contributed by atoms with Crippen molar-refractivity contribution in [1.82, 2.24) is 0 Å². The maximum absolute atomic E-state index is 3.54. The van der Waals surface area contributed by atoms with Gasteiger partial charge in [0.05, 0.1) is 0 Å². The number of rotatable bonds is 0. The van der Waals surface area contributed by atoms with Crippen molar-refractivity contribution < 1.29 is 0 Å². The van der Waals surface area contributed by atoms with Gasteiger partial charge in [-0.05, 0) is 101 Å².